The number of hydrogen-bond acceptors (Lipinski definition) is 3. The molecule has 0 saturated heterocycles. The molecule has 0 aliphatic heterocycles. The van der Waals surface area contributed by atoms with E-state index in [0.29, 0.717) is 24.9 Å². The average Bonchev–Trinajstić information content (AvgIpc) is 3.23. The Labute approximate surface area is 158 Å². The molecule has 5 heteroatoms. The summed E-state index contributed by atoms with van der Waals surface area (Å²) < 4.78 is 4.38. The Hall–Kier alpha value is -2.92. The van der Waals surface area contributed by atoms with E-state index in [0.717, 1.165) is 29.1 Å². The predicted molar refractivity (Wildman–Crippen MR) is 110 cm³/mol. The predicted octanol–water partition coefficient (Wildman–Crippen LogP) is 4.14. The molecule has 0 atom stereocenters. The third-order valence-electron chi connectivity index (χ3n) is 5.17. The molecule has 27 heavy (non-hydrogen) atoms. The third-order valence-corrected chi connectivity index (χ3v) is 5.17. The monoisotopic (exact) mass is 360 g/mol. The van der Waals surface area contributed by atoms with Gasteiger partial charge >= 0.3 is 0 Å². The van der Waals surface area contributed by atoms with Crippen LogP contribution in [0.15, 0.2) is 48.5 Å². The molecule has 0 radical (unpaired) electrons. The van der Waals surface area contributed by atoms with Gasteiger partial charge in [0.2, 0.25) is 0 Å². The minimum Gasteiger partial charge on any atom is -0.338 e. The Balaban J connectivity index is 1.83. The second-order valence-electron chi connectivity index (χ2n) is 6.85. The second-order valence-corrected chi connectivity index (χ2v) is 6.85. The van der Waals surface area contributed by atoms with Crippen LogP contribution >= 0.6 is 0 Å². The van der Waals surface area contributed by atoms with Gasteiger partial charge in [0, 0.05) is 36.5 Å². The first kappa shape index (κ1) is 17.5. The summed E-state index contributed by atoms with van der Waals surface area (Å²) in [4.78, 5) is 17.2. The Morgan fingerprint density at radius 2 is 1.93 bits per heavy atom. The van der Waals surface area contributed by atoms with Crippen LogP contribution in [-0.4, -0.2) is 26.4 Å². The van der Waals surface area contributed by atoms with Crippen molar-refractivity contribution in [1.82, 2.24) is 14.1 Å². The number of hydrogen-bond donors (Lipinski definition) is 1. The lowest BCUT2D eigenvalue weighted by molar-refractivity contribution is 0.0981. The summed E-state index contributed by atoms with van der Waals surface area (Å²) >= 11 is 0. The highest BCUT2D eigenvalue weighted by Gasteiger charge is 2.17. The molecule has 0 unspecified atom stereocenters. The first-order chi connectivity index (χ1) is 13.1. The number of nitrogens with two attached hydrogens (primary N) is 1. The van der Waals surface area contributed by atoms with Crippen molar-refractivity contribution in [3.63, 3.8) is 0 Å². The fraction of sp³-hybridized carbons (Fsp3) is 0.273. The normalized spacial score (nSPS) is 11.5. The Morgan fingerprint density at radius 1 is 1.11 bits per heavy atom. The molecule has 0 saturated carbocycles. The van der Waals surface area contributed by atoms with Gasteiger partial charge in [-0.05, 0) is 50.2 Å². The van der Waals surface area contributed by atoms with E-state index in [1.165, 1.54) is 10.9 Å². The van der Waals surface area contributed by atoms with Gasteiger partial charge in [-0.2, -0.15) is 0 Å². The van der Waals surface area contributed by atoms with E-state index in [1.54, 1.807) is 0 Å². The van der Waals surface area contributed by atoms with Crippen molar-refractivity contribution in [2.45, 2.75) is 26.3 Å². The van der Waals surface area contributed by atoms with Gasteiger partial charge in [0.15, 0.2) is 11.6 Å². The van der Waals surface area contributed by atoms with Gasteiger partial charge in [0.05, 0.1) is 16.7 Å². The van der Waals surface area contributed by atoms with Gasteiger partial charge in [-0.1, -0.05) is 18.2 Å². The summed E-state index contributed by atoms with van der Waals surface area (Å²) in [6.07, 6.45) is 1.19. The van der Waals surface area contributed by atoms with Crippen LogP contribution in [0.1, 0.15) is 30.1 Å². The van der Waals surface area contributed by atoms with Gasteiger partial charge in [0.25, 0.3) is 0 Å². The smallest absolute Gasteiger partial charge is 0.163 e. The van der Waals surface area contributed by atoms with Crippen LogP contribution in [0.5, 0.6) is 0 Å². The molecule has 5 nitrogen and oxygen atoms in total. The first-order valence-corrected chi connectivity index (χ1v) is 9.42. The highest BCUT2D eigenvalue weighted by molar-refractivity contribution is 5.99. The largest absolute Gasteiger partial charge is 0.338 e. The van der Waals surface area contributed by atoms with Crippen molar-refractivity contribution in [2.24, 2.45) is 12.8 Å². The fourth-order valence-electron chi connectivity index (χ4n) is 3.75. The summed E-state index contributed by atoms with van der Waals surface area (Å²) in [6.45, 7) is 3.55. The van der Waals surface area contributed by atoms with Crippen molar-refractivity contribution in [1.29, 1.82) is 0 Å². The maximum Gasteiger partial charge on any atom is 0.163 e. The number of benzene rings is 2. The third kappa shape index (κ3) is 2.94. The molecule has 2 heterocycles. The number of rotatable bonds is 6. The molecule has 2 aromatic heterocycles. The molecule has 0 amide bonds. The van der Waals surface area contributed by atoms with E-state index in [4.69, 9.17) is 10.7 Å². The van der Waals surface area contributed by atoms with Crippen LogP contribution in [0, 0.1) is 0 Å². The highest BCUT2D eigenvalue weighted by atomic mass is 16.1. The van der Waals surface area contributed by atoms with Gasteiger partial charge < -0.3 is 14.9 Å². The van der Waals surface area contributed by atoms with Gasteiger partial charge in [-0.25, -0.2) is 4.98 Å². The lowest BCUT2D eigenvalue weighted by atomic mass is 10.1. The number of fused-ring (bicyclic) bond motifs is 2. The van der Waals surface area contributed by atoms with E-state index in [1.807, 2.05) is 25.2 Å². The minimum atomic E-state index is 0.122. The molecule has 4 aromatic rings. The molecular formula is C22H24N4O. The molecule has 4 rings (SSSR count). The highest BCUT2D eigenvalue weighted by Crippen LogP contribution is 2.30. The topological polar surface area (TPSA) is 65.8 Å². The maximum atomic E-state index is 12.3. The van der Waals surface area contributed by atoms with Crippen molar-refractivity contribution in [2.75, 3.05) is 6.54 Å². The number of ketones is 1. The van der Waals surface area contributed by atoms with E-state index >= 15 is 0 Å². The first-order valence-electron chi connectivity index (χ1n) is 9.42. The maximum absolute atomic E-state index is 12.3. The van der Waals surface area contributed by atoms with Crippen LogP contribution in [0.25, 0.3) is 33.5 Å². The van der Waals surface area contributed by atoms with Gasteiger partial charge in [0.1, 0.15) is 0 Å². The number of imidazole rings is 1. The quantitative estimate of drug-likeness (QED) is 0.526. The number of para-hydroxylation sites is 1. The summed E-state index contributed by atoms with van der Waals surface area (Å²) in [7, 11) is 2.03. The van der Waals surface area contributed by atoms with E-state index < -0.39 is 0 Å². The SMILES string of the molecule is CCn1c(-c2nc3cc(C(=O)CCCN)ccc3n2C)cc2ccccc21. The molecule has 0 aliphatic rings. The van der Waals surface area contributed by atoms with Gasteiger partial charge in [-0.3, -0.25) is 4.79 Å². The standard InChI is InChI=1S/C22H24N4O/c1-3-26-18-8-5-4-7-15(18)14-20(26)22-24-17-13-16(21(27)9-6-12-23)10-11-19(17)25(22)2/h4-5,7-8,10-11,13-14H,3,6,9,12,23H2,1-2H3. The molecule has 0 fully saturated rings. The Bertz CT molecular complexity index is 1140. The zero-order chi connectivity index (χ0) is 19.0. The zero-order valence-electron chi connectivity index (χ0n) is 15.8. The molecule has 0 bridgehead atoms. The summed E-state index contributed by atoms with van der Waals surface area (Å²) in [5.74, 6) is 1.03. The Kier molecular flexibility index (Phi) is 4.54. The molecule has 0 spiro atoms. The number of carbonyl (C=O) groups excluding carboxylic acids is 1. The molecule has 2 aromatic carbocycles. The van der Waals surface area contributed by atoms with Crippen LogP contribution in [-0.2, 0) is 13.6 Å². The van der Waals surface area contributed by atoms with E-state index in [9.17, 15) is 4.79 Å². The molecule has 2 N–H and O–H groups in total. The summed E-state index contributed by atoms with van der Waals surface area (Å²) in [5, 5.41) is 1.21. The number of aromatic nitrogens is 3. The number of carbonyl (C=O) groups is 1. The van der Waals surface area contributed by atoms with Crippen molar-refractivity contribution >= 4 is 27.7 Å². The summed E-state index contributed by atoms with van der Waals surface area (Å²) in [5.41, 5.74) is 10.4. The number of Topliss-reactive ketones (excluding diaryl/α,β-unsaturated/α-hetero) is 1. The number of nitrogens with zero attached hydrogens (tertiary/aromatic N) is 3. The van der Waals surface area contributed by atoms with Gasteiger partial charge in [-0.15, -0.1) is 0 Å². The number of aryl methyl sites for hydroxylation is 2. The fourth-order valence-corrected chi connectivity index (χ4v) is 3.75. The van der Waals surface area contributed by atoms with Crippen LogP contribution in [0.2, 0.25) is 0 Å². The van der Waals surface area contributed by atoms with E-state index in [-0.39, 0.29) is 5.78 Å². The van der Waals surface area contributed by atoms with Crippen molar-refractivity contribution in [3.05, 3.63) is 54.1 Å². The molecular weight excluding hydrogens is 336 g/mol. The molecule has 0 aliphatic carbocycles. The van der Waals surface area contributed by atoms with Crippen LogP contribution in [0.3, 0.4) is 0 Å². The minimum absolute atomic E-state index is 0.122. The second kappa shape index (κ2) is 7.00. The van der Waals surface area contributed by atoms with Crippen LogP contribution in [0.4, 0.5) is 0 Å². The zero-order valence-corrected chi connectivity index (χ0v) is 15.8. The van der Waals surface area contributed by atoms with Crippen molar-refractivity contribution in [3.8, 4) is 11.5 Å². The lowest BCUT2D eigenvalue weighted by Crippen LogP contribution is -2.04. The van der Waals surface area contributed by atoms with Crippen molar-refractivity contribution < 1.29 is 4.79 Å². The van der Waals surface area contributed by atoms with Crippen LogP contribution < -0.4 is 5.73 Å². The van der Waals surface area contributed by atoms with E-state index in [2.05, 4.69) is 46.4 Å². The average molecular weight is 360 g/mol. The summed E-state index contributed by atoms with van der Waals surface area (Å²) in [6, 6.07) is 16.3. The molecule has 138 valence electrons. The Morgan fingerprint density at radius 3 is 2.70 bits per heavy atom. The lowest BCUT2D eigenvalue weighted by Gasteiger charge is -2.08.